The molecular formula is C15H20N2OS. The highest BCUT2D eigenvalue weighted by Gasteiger charge is 2.34. The van der Waals surface area contributed by atoms with Crippen molar-refractivity contribution in [2.24, 2.45) is 5.41 Å². The molecule has 0 spiro atoms. The van der Waals surface area contributed by atoms with Gasteiger partial charge in [-0.05, 0) is 31.2 Å². The third-order valence-corrected chi connectivity index (χ3v) is 4.98. The van der Waals surface area contributed by atoms with Gasteiger partial charge in [0.05, 0.1) is 12.1 Å². The lowest BCUT2D eigenvalue weighted by atomic mass is 9.75. The molecule has 3 nitrogen and oxygen atoms in total. The van der Waals surface area contributed by atoms with E-state index in [1.165, 1.54) is 5.69 Å². The molecule has 0 aliphatic heterocycles. The van der Waals surface area contributed by atoms with Crippen LogP contribution in [-0.4, -0.2) is 14.7 Å². The Morgan fingerprint density at radius 2 is 2.32 bits per heavy atom. The molecule has 4 heteroatoms. The van der Waals surface area contributed by atoms with Crippen molar-refractivity contribution in [2.75, 3.05) is 0 Å². The molecule has 2 atom stereocenters. The summed E-state index contributed by atoms with van der Waals surface area (Å²) in [7, 11) is 0. The lowest BCUT2D eigenvalue weighted by Crippen LogP contribution is -2.27. The maximum atomic E-state index is 10.3. The van der Waals surface area contributed by atoms with Gasteiger partial charge in [0, 0.05) is 29.0 Å². The molecular weight excluding hydrogens is 256 g/mol. The zero-order chi connectivity index (χ0) is 13.6. The van der Waals surface area contributed by atoms with Gasteiger partial charge in [-0.2, -0.15) is 0 Å². The van der Waals surface area contributed by atoms with Crippen molar-refractivity contribution in [3.05, 3.63) is 40.1 Å². The lowest BCUT2D eigenvalue weighted by molar-refractivity contribution is 0.0978. The second-order valence-corrected chi connectivity index (χ2v) is 7.16. The van der Waals surface area contributed by atoms with Gasteiger partial charge < -0.3 is 9.67 Å². The fourth-order valence-electron chi connectivity index (χ4n) is 3.07. The Hall–Kier alpha value is -1.13. The van der Waals surface area contributed by atoms with Crippen LogP contribution in [0.2, 0.25) is 0 Å². The molecule has 0 fully saturated rings. The first-order chi connectivity index (χ1) is 8.98. The maximum Gasteiger partial charge on any atom is 0.115 e. The predicted octanol–water partition coefficient (Wildman–Crippen LogP) is 3.56. The van der Waals surface area contributed by atoms with Crippen molar-refractivity contribution in [1.82, 2.24) is 9.55 Å². The normalized spacial score (nSPS) is 23.1. The molecule has 1 aliphatic rings. The molecule has 2 unspecified atom stereocenters. The van der Waals surface area contributed by atoms with Crippen molar-refractivity contribution in [2.45, 2.75) is 45.8 Å². The zero-order valence-corrected chi connectivity index (χ0v) is 12.4. The lowest BCUT2D eigenvalue weighted by Gasteiger charge is -2.34. The highest BCUT2D eigenvalue weighted by Crippen LogP contribution is 2.42. The van der Waals surface area contributed by atoms with Crippen LogP contribution >= 0.6 is 11.3 Å². The number of rotatable bonds is 2. The summed E-state index contributed by atoms with van der Waals surface area (Å²) < 4.78 is 2.28. The number of thiazole rings is 1. The summed E-state index contributed by atoms with van der Waals surface area (Å²) >= 11 is 1.69. The molecule has 19 heavy (non-hydrogen) atoms. The van der Waals surface area contributed by atoms with Crippen molar-refractivity contribution in [1.29, 1.82) is 0 Å². The summed E-state index contributed by atoms with van der Waals surface area (Å²) in [5, 5.41) is 13.4. The van der Waals surface area contributed by atoms with E-state index >= 15 is 0 Å². The van der Waals surface area contributed by atoms with Crippen LogP contribution in [0.1, 0.15) is 55.6 Å². The van der Waals surface area contributed by atoms with Crippen LogP contribution in [0.4, 0.5) is 0 Å². The first-order valence-corrected chi connectivity index (χ1v) is 7.63. The molecule has 0 amide bonds. The Morgan fingerprint density at radius 1 is 1.53 bits per heavy atom. The van der Waals surface area contributed by atoms with Gasteiger partial charge in [-0.1, -0.05) is 13.8 Å². The number of hydrogen-bond acceptors (Lipinski definition) is 3. The van der Waals surface area contributed by atoms with Crippen LogP contribution in [0.15, 0.2) is 23.8 Å². The molecule has 2 heterocycles. The second kappa shape index (κ2) is 4.46. The molecule has 0 saturated heterocycles. The molecule has 0 saturated carbocycles. The maximum absolute atomic E-state index is 10.3. The van der Waals surface area contributed by atoms with E-state index in [1.807, 2.05) is 11.6 Å². The first-order valence-electron chi connectivity index (χ1n) is 6.75. The molecule has 1 N–H and O–H groups in total. The van der Waals surface area contributed by atoms with Crippen molar-refractivity contribution in [3.63, 3.8) is 0 Å². The number of nitrogens with zero attached hydrogens (tertiary/aromatic N) is 2. The van der Waals surface area contributed by atoms with Gasteiger partial charge in [0.25, 0.3) is 0 Å². The number of hydrogen-bond donors (Lipinski definition) is 1. The van der Waals surface area contributed by atoms with Crippen molar-refractivity contribution < 1.29 is 5.11 Å². The van der Waals surface area contributed by atoms with E-state index in [0.29, 0.717) is 0 Å². The van der Waals surface area contributed by atoms with Crippen LogP contribution in [0, 0.1) is 5.41 Å². The Kier molecular flexibility index (Phi) is 3.02. The Balaban J connectivity index is 2.01. The first kappa shape index (κ1) is 12.9. The fraction of sp³-hybridized carbons (Fsp3) is 0.533. The Bertz CT molecular complexity index is 571. The summed E-state index contributed by atoms with van der Waals surface area (Å²) in [6.45, 7) is 6.63. The highest BCUT2D eigenvalue weighted by molar-refractivity contribution is 7.09. The topological polar surface area (TPSA) is 38.0 Å². The van der Waals surface area contributed by atoms with Gasteiger partial charge in [0.2, 0.25) is 0 Å². The quantitative estimate of drug-likeness (QED) is 0.910. The van der Waals surface area contributed by atoms with E-state index in [4.69, 9.17) is 0 Å². The van der Waals surface area contributed by atoms with Crippen LogP contribution in [0.25, 0.3) is 0 Å². The van der Waals surface area contributed by atoms with Gasteiger partial charge >= 0.3 is 0 Å². The van der Waals surface area contributed by atoms with Crippen molar-refractivity contribution in [3.8, 4) is 0 Å². The minimum absolute atomic E-state index is 0.158. The summed E-state index contributed by atoms with van der Waals surface area (Å²) in [6, 6.07) is 2.31. The predicted molar refractivity (Wildman–Crippen MR) is 77.4 cm³/mol. The average Bonchev–Trinajstić information content (AvgIpc) is 2.94. The number of aliphatic hydroxyl groups excluding tert-OH is 1. The summed E-state index contributed by atoms with van der Waals surface area (Å²) in [6.07, 6.45) is 5.48. The van der Waals surface area contributed by atoms with E-state index in [0.717, 1.165) is 23.4 Å². The van der Waals surface area contributed by atoms with E-state index in [2.05, 4.69) is 42.6 Å². The van der Waals surface area contributed by atoms with Gasteiger partial charge in [-0.25, -0.2) is 4.98 Å². The van der Waals surface area contributed by atoms with Crippen LogP contribution in [0.5, 0.6) is 0 Å². The molecule has 0 aromatic carbocycles. The van der Waals surface area contributed by atoms with Gasteiger partial charge in [-0.3, -0.25) is 0 Å². The van der Waals surface area contributed by atoms with E-state index in [1.54, 1.807) is 11.3 Å². The summed E-state index contributed by atoms with van der Waals surface area (Å²) in [4.78, 5) is 4.41. The third-order valence-electron chi connectivity index (χ3n) is 4.04. The van der Waals surface area contributed by atoms with Gasteiger partial charge in [0.1, 0.15) is 5.01 Å². The number of aromatic nitrogens is 2. The fourth-order valence-corrected chi connectivity index (χ4v) is 3.77. The van der Waals surface area contributed by atoms with Gasteiger partial charge in [0.15, 0.2) is 0 Å². The Morgan fingerprint density at radius 3 is 3.00 bits per heavy atom. The Labute approximate surface area is 117 Å². The molecule has 102 valence electrons. The smallest absolute Gasteiger partial charge is 0.115 e. The molecule has 0 radical (unpaired) electrons. The summed E-state index contributed by atoms with van der Waals surface area (Å²) in [5.41, 5.74) is 2.53. The number of fused-ring (bicyclic) bond motifs is 1. The van der Waals surface area contributed by atoms with E-state index < -0.39 is 0 Å². The molecule has 3 rings (SSSR count). The highest BCUT2D eigenvalue weighted by atomic mass is 32.1. The summed E-state index contributed by atoms with van der Waals surface area (Å²) in [5.74, 6) is 0. The SMILES string of the molecule is CC(c1nccs1)n1ccc2c1CC(C)(C)CC2O. The largest absolute Gasteiger partial charge is 0.388 e. The minimum Gasteiger partial charge on any atom is -0.388 e. The minimum atomic E-state index is -0.330. The van der Waals surface area contributed by atoms with Crippen LogP contribution in [-0.2, 0) is 6.42 Å². The number of aliphatic hydroxyl groups is 1. The third kappa shape index (κ3) is 2.23. The zero-order valence-electron chi connectivity index (χ0n) is 11.6. The van der Waals surface area contributed by atoms with Crippen LogP contribution in [0.3, 0.4) is 0 Å². The molecule has 2 aromatic rings. The second-order valence-electron chi connectivity index (χ2n) is 6.23. The van der Waals surface area contributed by atoms with E-state index in [9.17, 15) is 5.11 Å². The van der Waals surface area contributed by atoms with Crippen molar-refractivity contribution >= 4 is 11.3 Å². The molecule has 0 bridgehead atoms. The average molecular weight is 276 g/mol. The standard InChI is InChI=1S/C15H20N2OS/c1-10(14-16-5-7-19-14)17-6-4-11-12(17)8-15(2,3)9-13(11)18/h4-7,10,13,18H,8-9H2,1-3H3. The molecule has 2 aromatic heterocycles. The van der Waals surface area contributed by atoms with Gasteiger partial charge in [-0.15, -0.1) is 11.3 Å². The monoisotopic (exact) mass is 276 g/mol. The molecule has 1 aliphatic carbocycles. The van der Waals surface area contributed by atoms with Crippen LogP contribution < -0.4 is 0 Å². The van der Waals surface area contributed by atoms with E-state index in [-0.39, 0.29) is 17.6 Å².